The van der Waals surface area contributed by atoms with E-state index < -0.39 is 0 Å². The predicted molar refractivity (Wildman–Crippen MR) is 127 cm³/mol. The molecule has 0 aliphatic rings. The van der Waals surface area contributed by atoms with E-state index in [2.05, 4.69) is 15.9 Å². The third-order valence-electron chi connectivity index (χ3n) is 5.28. The number of pyridine rings is 1. The molecule has 0 radical (unpaired) electrons. The van der Waals surface area contributed by atoms with E-state index in [1.807, 2.05) is 74.5 Å². The van der Waals surface area contributed by atoms with Gasteiger partial charge in [-0.3, -0.25) is 14.6 Å². The molecule has 1 heterocycles. The topological polar surface area (TPSA) is 47.0 Å². The Balaban J connectivity index is 2.00. The fourth-order valence-electron chi connectivity index (χ4n) is 3.78. The Morgan fingerprint density at radius 3 is 1.71 bits per heavy atom. The van der Waals surface area contributed by atoms with Crippen molar-refractivity contribution in [2.45, 2.75) is 13.8 Å². The van der Waals surface area contributed by atoms with Gasteiger partial charge in [-0.05, 0) is 25.5 Å². The molecule has 0 fully saturated rings. The van der Waals surface area contributed by atoms with Crippen LogP contribution < -0.4 is 0 Å². The first-order valence-electron chi connectivity index (χ1n) is 9.94. The van der Waals surface area contributed by atoms with Gasteiger partial charge in [0.05, 0.1) is 11.3 Å². The Kier molecular flexibility index (Phi) is 5.92. The first kappa shape index (κ1) is 20.9. The Bertz CT molecular complexity index is 1280. The first-order valence-corrected chi connectivity index (χ1v) is 10.7. The number of rotatable bonds is 5. The number of hydrogen-bond acceptors (Lipinski definition) is 3. The van der Waals surface area contributed by atoms with E-state index >= 15 is 0 Å². The number of nitrogens with zero attached hydrogens (tertiary/aromatic N) is 1. The van der Waals surface area contributed by atoms with Gasteiger partial charge in [0.1, 0.15) is 0 Å². The van der Waals surface area contributed by atoms with Crippen molar-refractivity contribution >= 4 is 27.5 Å². The lowest BCUT2D eigenvalue weighted by atomic mass is 9.88. The van der Waals surface area contributed by atoms with Crippen molar-refractivity contribution in [3.63, 3.8) is 0 Å². The Morgan fingerprint density at radius 1 is 0.677 bits per heavy atom. The van der Waals surface area contributed by atoms with Crippen LogP contribution in [0.2, 0.25) is 0 Å². The number of halogens is 1. The van der Waals surface area contributed by atoms with Gasteiger partial charge in [0, 0.05) is 32.4 Å². The van der Waals surface area contributed by atoms with E-state index in [1.165, 1.54) is 0 Å². The zero-order valence-electron chi connectivity index (χ0n) is 17.2. The summed E-state index contributed by atoms with van der Waals surface area (Å²) in [6.07, 6.45) is 0. The minimum Gasteiger partial charge on any atom is -0.289 e. The van der Waals surface area contributed by atoms with Gasteiger partial charge in [-0.2, -0.15) is 0 Å². The summed E-state index contributed by atoms with van der Waals surface area (Å²) in [4.78, 5) is 31.8. The quantitative estimate of drug-likeness (QED) is 0.309. The number of aromatic nitrogens is 1. The van der Waals surface area contributed by atoms with Crippen molar-refractivity contribution in [2.24, 2.45) is 0 Å². The van der Waals surface area contributed by atoms with E-state index in [-0.39, 0.29) is 11.6 Å². The fourth-order valence-corrected chi connectivity index (χ4v) is 4.25. The Hall–Kier alpha value is -3.37. The van der Waals surface area contributed by atoms with Gasteiger partial charge in [0.2, 0.25) is 0 Å². The molecule has 152 valence electrons. The summed E-state index contributed by atoms with van der Waals surface area (Å²) >= 11 is 3.59. The van der Waals surface area contributed by atoms with E-state index in [1.54, 1.807) is 24.3 Å². The van der Waals surface area contributed by atoms with Crippen molar-refractivity contribution in [1.29, 1.82) is 0 Å². The average molecular weight is 470 g/mol. The predicted octanol–water partition coefficient (Wildman–Crippen LogP) is 6.59. The lowest BCUT2D eigenvalue weighted by Gasteiger charge is -2.18. The molecule has 3 aromatic carbocycles. The van der Waals surface area contributed by atoms with Gasteiger partial charge < -0.3 is 0 Å². The Morgan fingerprint density at radius 2 is 1.16 bits per heavy atom. The molecule has 0 amide bonds. The van der Waals surface area contributed by atoms with Gasteiger partial charge in [-0.1, -0.05) is 94.8 Å². The highest BCUT2D eigenvalue weighted by molar-refractivity contribution is 9.10. The van der Waals surface area contributed by atoms with E-state index in [9.17, 15) is 9.59 Å². The molecule has 4 aromatic rings. The molecule has 3 nitrogen and oxygen atoms in total. The summed E-state index contributed by atoms with van der Waals surface area (Å²) in [6.45, 7) is 3.65. The number of carbonyl (C=O) groups is 2. The van der Waals surface area contributed by atoms with Crippen LogP contribution in [-0.4, -0.2) is 16.6 Å². The molecule has 0 saturated heterocycles. The lowest BCUT2D eigenvalue weighted by Crippen LogP contribution is -2.15. The van der Waals surface area contributed by atoms with E-state index in [0.29, 0.717) is 39.2 Å². The summed E-state index contributed by atoms with van der Waals surface area (Å²) in [7, 11) is 0. The summed E-state index contributed by atoms with van der Waals surface area (Å²) in [5.41, 5.74) is 4.67. The molecule has 0 bridgehead atoms. The molecule has 0 atom stereocenters. The Labute approximate surface area is 189 Å². The lowest BCUT2D eigenvalue weighted by molar-refractivity contribution is 0.103. The number of benzene rings is 3. The molecule has 31 heavy (non-hydrogen) atoms. The van der Waals surface area contributed by atoms with Gasteiger partial charge in [0.15, 0.2) is 11.6 Å². The maximum atomic E-state index is 13.6. The fraction of sp³-hybridized carbons (Fsp3) is 0.0741. The molecule has 4 heteroatoms. The zero-order chi connectivity index (χ0) is 22.0. The van der Waals surface area contributed by atoms with Crippen LogP contribution in [0.1, 0.15) is 43.1 Å². The standard InChI is InChI=1S/C27H20BrNO2/c1-17-23(26(30)19-11-5-3-6-12-19)18(2)29-25(21-15-9-10-16-22(21)28)24(17)27(31)20-13-7-4-8-14-20/h3-16H,1-2H3. The maximum absolute atomic E-state index is 13.6. The molecule has 0 N–H and O–H groups in total. The van der Waals surface area contributed by atoms with Crippen molar-refractivity contribution in [3.8, 4) is 11.3 Å². The van der Waals surface area contributed by atoms with Crippen LogP contribution >= 0.6 is 15.9 Å². The summed E-state index contributed by atoms with van der Waals surface area (Å²) in [6, 6.07) is 25.9. The van der Waals surface area contributed by atoms with Crippen molar-refractivity contribution < 1.29 is 9.59 Å². The van der Waals surface area contributed by atoms with Crippen LogP contribution in [0.3, 0.4) is 0 Å². The maximum Gasteiger partial charge on any atom is 0.195 e. The molecule has 4 rings (SSSR count). The number of ketones is 2. The molecular weight excluding hydrogens is 450 g/mol. The molecule has 0 aliphatic carbocycles. The van der Waals surface area contributed by atoms with Crippen molar-refractivity contribution in [2.75, 3.05) is 0 Å². The van der Waals surface area contributed by atoms with E-state index in [0.717, 1.165) is 10.0 Å². The highest BCUT2D eigenvalue weighted by Gasteiger charge is 2.26. The minimum atomic E-state index is -0.154. The third-order valence-corrected chi connectivity index (χ3v) is 5.97. The van der Waals surface area contributed by atoms with Crippen LogP contribution in [0.4, 0.5) is 0 Å². The zero-order valence-corrected chi connectivity index (χ0v) is 18.8. The highest BCUT2D eigenvalue weighted by Crippen LogP contribution is 2.34. The summed E-state index contributed by atoms with van der Waals surface area (Å²) in [5.74, 6) is -0.289. The molecular formula is C27H20BrNO2. The minimum absolute atomic E-state index is 0.135. The second-order valence-electron chi connectivity index (χ2n) is 7.29. The van der Waals surface area contributed by atoms with Crippen LogP contribution in [0.15, 0.2) is 89.4 Å². The van der Waals surface area contributed by atoms with Gasteiger partial charge >= 0.3 is 0 Å². The summed E-state index contributed by atoms with van der Waals surface area (Å²) in [5, 5.41) is 0. The number of hydrogen-bond donors (Lipinski definition) is 0. The smallest absolute Gasteiger partial charge is 0.195 e. The number of aryl methyl sites for hydroxylation is 1. The van der Waals surface area contributed by atoms with Gasteiger partial charge in [-0.25, -0.2) is 0 Å². The van der Waals surface area contributed by atoms with Crippen LogP contribution in [0.25, 0.3) is 11.3 Å². The first-order chi connectivity index (χ1) is 15.0. The SMILES string of the molecule is Cc1nc(-c2ccccc2Br)c(C(=O)c2ccccc2)c(C)c1C(=O)c1ccccc1. The summed E-state index contributed by atoms with van der Waals surface area (Å²) < 4.78 is 0.838. The average Bonchev–Trinajstić information content (AvgIpc) is 2.80. The van der Waals surface area contributed by atoms with Crippen molar-refractivity contribution in [3.05, 3.63) is 123 Å². The number of carbonyl (C=O) groups excluding carboxylic acids is 2. The normalized spacial score (nSPS) is 10.7. The van der Waals surface area contributed by atoms with Crippen molar-refractivity contribution in [1.82, 2.24) is 4.98 Å². The third kappa shape index (κ3) is 3.99. The molecule has 0 unspecified atom stereocenters. The van der Waals surface area contributed by atoms with Crippen LogP contribution in [0, 0.1) is 13.8 Å². The molecule has 1 aromatic heterocycles. The van der Waals surface area contributed by atoms with Crippen LogP contribution in [-0.2, 0) is 0 Å². The van der Waals surface area contributed by atoms with Gasteiger partial charge in [-0.15, -0.1) is 0 Å². The monoisotopic (exact) mass is 469 g/mol. The second-order valence-corrected chi connectivity index (χ2v) is 8.15. The second kappa shape index (κ2) is 8.78. The highest BCUT2D eigenvalue weighted by atomic mass is 79.9. The van der Waals surface area contributed by atoms with Crippen LogP contribution in [0.5, 0.6) is 0 Å². The molecule has 0 saturated carbocycles. The van der Waals surface area contributed by atoms with Gasteiger partial charge in [0.25, 0.3) is 0 Å². The van der Waals surface area contributed by atoms with E-state index in [4.69, 9.17) is 4.98 Å². The largest absolute Gasteiger partial charge is 0.289 e. The molecule has 0 spiro atoms. The molecule has 0 aliphatic heterocycles.